The first kappa shape index (κ1) is 17.7. The number of carbonyl (C=O) groups excluding carboxylic acids is 1. The molecular weight excluding hydrogens is 364 g/mol. The second-order valence-corrected chi connectivity index (χ2v) is 7.64. The molecule has 0 bridgehead atoms. The largest absolute Gasteiger partial charge is 0.345 e. The van der Waals surface area contributed by atoms with E-state index in [2.05, 4.69) is 60.4 Å². The molecule has 1 saturated carbocycles. The molecule has 3 heterocycles. The summed E-state index contributed by atoms with van der Waals surface area (Å²) >= 11 is 0. The summed E-state index contributed by atoms with van der Waals surface area (Å²) < 4.78 is 0. The number of nitrogens with one attached hydrogen (secondary N) is 2. The third-order valence-electron chi connectivity index (χ3n) is 5.83. The van der Waals surface area contributed by atoms with E-state index >= 15 is 0 Å². The average molecular weight is 386 g/mol. The van der Waals surface area contributed by atoms with Gasteiger partial charge in [-0.3, -0.25) is 9.89 Å². The van der Waals surface area contributed by atoms with E-state index in [0.29, 0.717) is 18.4 Å². The Morgan fingerprint density at radius 2 is 2.17 bits per heavy atom. The van der Waals surface area contributed by atoms with Gasteiger partial charge in [0.2, 0.25) is 0 Å². The molecule has 0 spiro atoms. The number of H-pyrrole nitrogens is 1. The number of hydrogen-bond acceptors (Lipinski definition) is 5. The van der Waals surface area contributed by atoms with Crippen LogP contribution in [-0.2, 0) is 4.79 Å². The van der Waals surface area contributed by atoms with Crippen molar-refractivity contribution in [2.75, 3.05) is 18.0 Å². The molecule has 1 aromatic carbocycles. The zero-order chi connectivity index (χ0) is 19.6. The molecule has 1 aliphatic heterocycles. The fraction of sp³-hybridized carbons (Fsp3) is 0.364. The maximum Gasteiger partial charge on any atom is 0.295 e. The topological polar surface area (TPSA) is 86.8 Å². The quantitative estimate of drug-likeness (QED) is 0.674. The van der Waals surface area contributed by atoms with Crippen LogP contribution in [0.4, 0.5) is 11.5 Å². The Bertz CT molecular complexity index is 1110. The first-order valence-corrected chi connectivity index (χ1v) is 10.1. The molecule has 2 aromatic heterocycles. The standard InChI is InChI=1S/C22H22N6O/c29-20(9-8-15-4-3-5-15)23-11-10-16-13-28(19-7-2-1-6-17(16)19)22-18-12-26-27-21(18)24-14-25-22/h1-2,6-7,12,14-16H,3-5,10-11,13H2,(H,23,29)(H,24,25,26,27). The van der Waals surface area contributed by atoms with Crippen LogP contribution in [0.1, 0.15) is 37.2 Å². The van der Waals surface area contributed by atoms with Gasteiger partial charge in [0.15, 0.2) is 5.65 Å². The number of aromatic amines is 1. The number of nitrogens with zero attached hydrogens (tertiary/aromatic N) is 4. The maximum absolute atomic E-state index is 12.0. The number of benzene rings is 1. The van der Waals surface area contributed by atoms with Crippen LogP contribution in [0.15, 0.2) is 36.8 Å². The molecular formula is C22H22N6O. The predicted molar refractivity (Wildman–Crippen MR) is 111 cm³/mol. The molecule has 5 rings (SSSR count). The minimum absolute atomic E-state index is 0.170. The molecule has 0 radical (unpaired) electrons. The van der Waals surface area contributed by atoms with Crippen LogP contribution in [0.5, 0.6) is 0 Å². The Balaban J connectivity index is 1.30. The van der Waals surface area contributed by atoms with Crippen LogP contribution in [0.25, 0.3) is 11.0 Å². The SMILES string of the molecule is O=C(C#CC1CCC1)NCCC1CN(c2ncnc3[nH]ncc23)c2ccccc21. The van der Waals surface area contributed by atoms with Crippen molar-refractivity contribution < 1.29 is 4.79 Å². The van der Waals surface area contributed by atoms with Gasteiger partial charge in [0.1, 0.15) is 12.1 Å². The summed E-state index contributed by atoms with van der Waals surface area (Å²) in [6.07, 6.45) is 7.66. The summed E-state index contributed by atoms with van der Waals surface area (Å²) in [4.78, 5) is 23.0. The lowest BCUT2D eigenvalue weighted by atomic mass is 9.86. The molecule has 3 aromatic rings. The maximum atomic E-state index is 12.0. The summed E-state index contributed by atoms with van der Waals surface area (Å²) in [6, 6.07) is 8.38. The third-order valence-corrected chi connectivity index (χ3v) is 5.83. The lowest BCUT2D eigenvalue weighted by Gasteiger charge is -2.19. The molecule has 1 unspecified atom stereocenters. The molecule has 1 atom stereocenters. The van der Waals surface area contributed by atoms with Gasteiger partial charge in [-0.1, -0.05) is 30.5 Å². The van der Waals surface area contributed by atoms with Crippen molar-refractivity contribution in [2.45, 2.75) is 31.6 Å². The number of rotatable bonds is 4. The highest BCUT2D eigenvalue weighted by atomic mass is 16.1. The van der Waals surface area contributed by atoms with E-state index in [1.165, 1.54) is 12.0 Å². The van der Waals surface area contributed by atoms with Crippen LogP contribution in [0, 0.1) is 17.8 Å². The van der Waals surface area contributed by atoms with Crippen LogP contribution in [-0.4, -0.2) is 39.2 Å². The summed E-state index contributed by atoms with van der Waals surface area (Å²) in [7, 11) is 0. The summed E-state index contributed by atoms with van der Waals surface area (Å²) in [6.45, 7) is 1.41. The minimum Gasteiger partial charge on any atom is -0.345 e. The number of fused-ring (bicyclic) bond motifs is 2. The fourth-order valence-electron chi connectivity index (χ4n) is 4.03. The van der Waals surface area contributed by atoms with E-state index in [4.69, 9.17) is 0 Å². The molecule has 146 valence electrons. The normalized spacial score (nSPS) is 18.1. The van der Waals surface area contributed by atoms with E-state index in [1.54, 1.807) is 12.5 Å². The Labute approximate surface area is 168 Å². The second kappa shape index (κ2) is 7.55. The van der Waals surface area contributed by atoms with Gasteiger partial charge in [-0.15, -0.1) is 0 Å². The Kier molecular flexibility index (Phi) is 4.60. The predicted octanol–water partition coefficient (Wildman–Crippen LogP) is 2.90. The number of amides is 1. The minimum atomic E-state index is -0.170. The van der Waals surface area contributed by atoms with Crippen LogP contribution < -0.4 is 10.2 Å². The van der Waals surface area contributed by atoms with E-state index in [1.807, 2.05) is 6.07 Å². The highest BCUT2D eigenvalue weighted by Gasteiger charge is 2.30. The lowest BCUT2D eigenvalue weighted by molar-refractivity contribution is -0.115. The van der Waals surface area contributed by atoms with E-state index in [9.17, 15) is 4.79 Å². The van der Waals surface area contributed by atoms with E-state index < -0.39 is 0 Å². The number of anilines is 2. The van der Waals surface area contributed by atoms with Crippen molar-refractivity contribution in [1.29, 1.82) is 0 Å². The summed E-state index contributed by atoms with van der Waals surface area (Å²) in [5.74, 6) is 7.22. The highest BCUT2D eigenvalue weighted by molar-refractivity contribution is 5.93. The molecule has 1 fully saturated rings. The van der Waals surface area contributed by atoms with Gasteiger partial charge >= 0.3 is 0 Å². The fourth-order valence-corrected chi connectivity index (χ4v) is 4.03. The van der Waals surface area contributed by atoms with Crippen molar-refractivity contribution in [3.05, 3.63) is 42.4 Å². The molecule has 29 heavy (non-hydrogen) atoms. The Hall–Kier alpha value is -3.40. The zero-order valence-corrected chi connectivity index (χ0v) is 16.1. The average Bonchev–Trinajstić information content (AvgIpc) is 3.32. The van der Waals surface area contributed by atoms with E-state index in [-0.39, 0.29) is 5.91 Å². The van der Waals surface area contributed by atoms with Crippen molar-refractivity contribution in [3.63, 3.8) is 0 Å². The summed E-state index contributed by atoms with van der Waals surface area (Å²) in [5.41, 5.74) is 3.15. The molecule has 7 nitrogen and oxygen atoms in total. The number of aromatic nitrogens is 4. The third kappa shape index (κ3) is 3.42. The molecule has 1 amide bonds. The number of para-hydroxylation sites is 1. The Morgan fingerprint density at radius 3 is 3.03 bits per heavy atom. The van der Waals surface area contributed by atoms with Crippen molar-refractivity contribution in [3.8, 4) is 11.8 Å². The number of carbonyl (C=O) groups is 1. The first-order valence-electron chi connectivity index (χ1n) is 10.1. The smallest absolute Gasteiger partial charge is 0.295 e. The van der Waals surface area contributed by atoms with Gasteiger partial charge in [0.25, 0.3) is 5.91 Å². The van der Waals surface area contributed by atoms with Gasteiger partial charge in [-0.05, 0) is 36.8 Å². The monoisotopic (exact) mass is 386 g/mol. The van der Waals surface area contributed by atoms with E-state index in [0.717, 1.165) is 48.3 Å². The van der Waals surface area contributed by atoms with Crippen LogP contribution in [0.2, 0.25) is 0 Å². The molecule has 7 heteroatoms. The van der Waals surface area contributed by atoms with Crippen LogP contribution in [0.3, 0.4) is 0 Å². The Morgan fingerprint density at radius 1 is 1.28 bits per heavy atom. The van der Waals surface area contributed by atoms with Gasteiger partial charge in [0.05, 0.1) is 11.6 Å². The van der Waals surface area contributed by atoms with Crippen molar-refractivity contribution in [2.24, 2.45) is 5.92 Å². The molecule has 2 aliphatic rings. The molecule has 2 N–H and O–H groups in total. The summed E-state index contributed by atoms with van der Waals surface area (Å²) in [5, 5.41) is 10.9. The van der Waals surface area contributed by atoms with Crippen molar-refractivity contribution >= 4 is 28.4 Å². The van der Waals surface area contributed by atoms with Gasteiger partial charge in [-0.25, -0.2) is 9.97 Å². The van der Waals surface area contributed by atoms with Gasteiger partial charge in [-0.2, -0.15) is 5.10 Å². The van der Waals surface area contributed by atoms with Gasteiger partial charge in [0, 0.05) is 30.6 Å². The van der Waals surface area contributed by atoms with Gasteiger partial charge < -0.3 is 10.2 Å². The first-order chi connectivity index (χ1) is 14.3. The molecule has 0 saturated heterocycles. The molecule has 1 aliphatic carbocycles. The second-order valence-electron chi connectivity index (χ2n) is 7.64. The van der Waals surface area contributed by atoms with Crippen molar-refractivity contribution in [1.82, 2.24) is 25.5 Å². The zero-order valence-electron chi connectivity index (χ0n) is 16.1. The lowest BCUT2D eigenvalue weighted by Crippen LogP contribution is -2.25. The highest BCUT2D eigenvalue weighted by Crippen LogP contribution is 2.42. The van der Waals surface area contributed by atoms with Crippen LogP contribution >= 0.6 is 0 Å². The number of hydrogen-bond donors (Lipinski definition) is 2.